The number of hydrogen-bond acceptors (Lipinski definition) is 7. The maximum atomic E-state index is 12.6. The van der Waals surface area contributed by atoms with Crippen molar-refractivity contribution in [1.29, 1.82) is 0 Å². The molecule has 0 bridgehead atoms. The van der Waals surface area contributed by atoms with E-state index in [4.69, 9.17) is 0 Å². The van der Waals surface area contributed by atoms with Crippen LogP contribution >= 0.6 is 34.4 Å². The lowest BCUT2D eigenvalue weighted by molar-refractivity contribution is -0.114. The standard InChI is InChI=1S/C15H16N4O2S3/c1-7-8(2)24-12-11(7)13(21)19(4)15(18-12)23-6-10-5-22-14(17-10)16-9(3)20/h5H,6H2,1-4H3,(H,16,17,20). The summed E-state index contributed by atoms with van der Waals surface area (Å²) in [6, 6.07) is 0. The second kappa shape index (κ2) is 6.66. The zero-order valence-electron chi connectivity index (χ0n) is 13.7. The third kappa shape index (κ3) is 3.24. The number of hydrogen-bond donors (Lipinski definition) is 1. The van der Waals surface area contributed by atoms with Crippen LogP contribution in [0.5, 0.6) is 0 Å². The van der Waals surface area contributed by atoms with Crippen molar-refractivity contribution in [1.82, 2.24) is 14.5 Å². The molecule has 1 N–H and O–H groups in total. The average molecular weight is 381 g/mol. The number of fused-ring (bicyclic) bond motifs is 1. The quantitative estimate of drug-likeness (QED) is 0.555. The number of thioether (sulfide) groups is 1. The Morgan fingerprint density at radius 3 is 2.83 bits per heavy atom. The zero-order chi connectivity index (χ0) is 17.4. The molecule has 0 aliphatic rings. The van der Waals surface area contributed by atoms with Gasteiger partial charge in [-0.15, -0.1) is 22.7 Å². The zero-order valence-corrected chi connectivity index (χ0v) is 16.1. The Balaban J connectivity index is 1.85. The van der Waals surface area contributed by atoms with Gasteiger partial charge >= 0.3 is 0 Å². The van der Waals surface area contributed by atoms with E-state index in [1.807, 2.05) is 19.2 Å². The summed E-state index contributed by atoms with van der Waals surface area (Å²) in [7, 11) is 1.74. The number of thiazole rings is 1. The smallest absolute Gasteiger partial charge is 0.262 e. The molecule has 24 heavy (non-hydrogen) atoms. The van der Waals surface area contributed by atoms with Gasteiger partial charge in [-0.3, -0.25) is 14.2 Å². The number of thiophene rings is 1. The lowest BCUT2D eigenvalue weighted by Crippen LogP contribution is -2.19. The Kier molecular flexibility index (Phi) is 4.75. The maximum absolute atomic E-state index is 12.6. The number of nitrogens with one attached hydrogen (secondary N) is 1. The lowest BCUT2D eigenvalue weighted by Gasteiger charge is -2.06. The Hall–Kier alpha value is -1.71. The first-order valence-corrected chi connectivity index (χ1v) is 9.86. The van der Waals surface area contributed by atoms with E-state index < -0.39 is 0 Å². The normalized spacial score (nSPS) is 11.2. The Morgan fingerprint density at radius 1 is 1.38 bits per heavy atom. The first-order chi connectivity index (χ1) is 11.4. The minimum absolute atomic E-state index is 0.0124. The third-order valence-corrected chi connectivity index (χ3v) is 6.52. The summed E-state index contributed by atoms with van der Waals surface area (Å²) in [5.74, 6) is 0.451. The molecule has 1 amide bonds. The van der Waals surface area contributed by atoms with E-state index in [1.165, 1.54) is 30.0 Å². The molecule has 0 unspecified atom stereocenters. The average Bonchev–Trinajstić information content (AvgIpc) is 3.06. The highest BCUT2D eigenvalue weighted by molar-refractivity contribution is 7.98. The third-order valence-electron chi connectivity index (χ3n) is 3.55. The van der Waals surface area contributed by atoms with Gasteiger partial charge in [0.1, 0.15) is 4.83 Å². The molecule has 0 aliphatic carbocycles. The van der Waals surface area contributed by atoms with Crippen molar-refractivity contribution in [2.24, 2.45) is 7.05 Å². The van der Waals surface area contributed by atoms with Crippen molar-refractivity contribution < 1.29 is 4.79 Å². The summed E-state index contributed by atoms with van der Waals surface area (Å²) < 4.78 is 1.59. The minimum atomic E-state index is -0.137. The van der Waals surface area contributed by atoms with Crippen LogP contribution in [-0.4, -0.2) is 20.4 Å². The van der Waals surface area contributed by atoms with Crippen LogP contribution in [0.2, 0.25) is 0 Å². The highest BCUT2D eigenvalue weighted by Crippen LogP contribution is 2.29. The highest BCUT2D eigenvalue weighted by atomic mass is 32.2. The van der Waals surface area contributed by atoms with Gasteiger partial charge in [-0.25, -0.2) is 9.97 Å². The molecule has 126 valence electrons. The number of carbonyl (C=O) groups is 1. The van der Waals surface area contributed by atoms with E-state index >= 15 is 0 Å². The molecule has 0 aromatic carbocycles. The van der Waals surface area contributed by atoms with Gasteiger partial charge in [-0.05, 0) is 19.4 Å². The van der Waals surface area contributed by atoms with Gasteiger partial charge in [-0.1, -0.05) is 11.8 Å². The minimum Gasteiger partial charge on any atom is -0.302 e. The van der Waals surface area contributed by atoms with Crippen molar-refractivity contribution in [3.05, 3.63) is 31.9 Å². The fraction of sp³-hybridized carbons (Fsp3) is 0.333. The molecule has 0 radical (unpaired) electrons. The monoisotopic (exact) mass is 380 g/mol. The summed E-state index contributed by atoms with van der Waals surface area (Å²) in [5, 5.41) is 6.53. The summed E-state index contributed by atoms with van der Waals surface area (Å²) in [4.78, 5) is 34.5. The van der Waals surface area contributed by atoms with Crippen LogP contribution in [0.25, 0.3) is 10.2 Å². The van der Waals surface area contributed by atoms with E-state index in [2.05, 4.69) is 15.3 Å². The molecule has 0 spiro atoms. The molecule has 3 heterocycles. The Morgan fingerprint density at radius 2 is 2.12 bits per heavy atom. The van der Waals surface area contributed by atoms with E-state index in [0.717, 1.165) is 21.0 Å². The number of carbonyl (C=O) groups excluding carboxylic acids is 1. The van der Waals surface area contributed by atoms with Crippen molar-refractivity contribution in [3.63, 3.8) is 0 Å². The van der Waals surface area contributed by atoms with Crippen molar-refractivity contribution >= 4 is 55.7 Å². The number of nitrogens with zero attached hydrogens (tertiary/aromatic N) is 3. The van der Waals surface area contributed by atoms with Gasteiger partial charge in [0, 0.05) is 30.0 Å². The lowest BCUT2D eigenvalue weighted by atomic mass is 10.2. The number of anilines is 1. The number of aryl methyl sites for hydroxylation is 2. The van der Waals surface area contributed by atoms with E-state index in [9.17, 15) is 9.59 Å². The van der Waals surface area contributed by atoms with E-state index in [1.54, 1.807) is 23.0 Å². The second-order valence-corrected chi connectivity index (χ2v) is 8.34. The Bertz CT molecular complexity index is 987. The first-order valence-electron chi connectivity index (χ1n) is 7.18. The van der Waals surface area contributed by atoms with Crippen LogP contribution in [0.4, 0.5) is 5.13 Å². The van der Waals surface area contributed by atoms with Crippen molar-refractivity contribution in [2.45, 2.75) is 31.7 Å². The first kappa shape index (κ1) is 17.1. The number of aromatic nitrogens is 3. The molecule has 0 fully saturated rings. The van der Waals surface area contributed by atoms with Gasteiger partial charge in [0.05, 0.1) is 11.1 Å². The molecule has 0 atom stereocenters. The molecule has 9 heteroatoms. The van der Waals surface area contributed by atoms with Gasteiger partial charge in [-0.2, -0.15) is 0 Å². The van der Waals surface area contributed by atoms with E-state index in [-0.39, 0.29) is 11.5 Å². The van der Waals surface area contributed by atoms with Gasteiger partial charge in [0.25, 0.3) is 5.56 Å². The number of amides is 1. The molecule has 3 aromatic rings. The van der Waals surface area contributed by atoms with E-state index in [0.29, 0.717) is 21.4 Å². The van der Waals surface area contributed by atoms with Crippen LogP contribution in [0.15, 0.2) is 15.3 Å². The summed E-state index contributed by atoms with van der Waals surface area (Å²) in [5.41, 5.74) is 1.85. The largest absolute Gasteiger partial charge is 0.302 e. The topological polar surface area (TPSA) is 76.9 Å². The fourth-order valence-electron chi connectivity index (χ4n) is 2.20. The SMILES string of the molecule is CC(=O)Nc1nc(CSc2nc3sc(C)c(C)c3c(=O)n2C)cs1. The molecule has 3 aromatic heterocycles. The van der Waals surface area contributed by atoms with Gasteiger partial charge < -0.3 is 5.32 Å². The summed E-state index contributed by atoms with van der Waals surface area (Å²) in [6.45, 7) is 5.42. The maximum Gasteiger partial charge on any atom is 0.262 e. The predicted octanol–water partition coefficient (Wildman–Crippen LogP) is 3.32. The molecule has 0 saturated carbocycles. The molecule has 0 aliphatic heterocycles. The summed E-state index contributed by atoms with van der Waals surface area (Å²) in [6.07, 6.45) is 0. The molecular formula is C15H16N4O2S3. The van der Waals surface area contributed by atoms with Crippen LogP contribution in [-0.2, 0) is 17.6 Å². The Labute approximate surface area is 151 Å². The second-order valence-electron chi connectivity index (χ2n) is 5.34. The molecular weight excluding hydrogens is 364 g/mol. The molecule has 0 saturated heterocycles. The van der Waals surface area contributed by atoms with Crippen LogP contribution in [0.1, 0.15) is 23.1 Å². The molecule has 3 rings (SSSR count). The predicted molar refractivity (Wildman–Crippen MR) is 100 cm³/mol. The van der Waals surface area contributed by atoms with Crippen molar-refractivity contribution in [3.8, 4) is 0 Å². The van der Waals surface area contributed by atoms with Crippen LogP contribution in [0, 0.1) is 13.8 Å². The van der Waals surface area contributed by atoms with Crippen LogP contribution in [0.3, 0.4) is 0 Å². The fourth-order valence-corrected chi connectivity index (χ4v) is 5.00. The number of rotatable bonds is 4. The van der Waals surface area contributed by atoms with Crippen LogP contribution < -0.4 is 10.9 Å². The van der Waals surface area contributed by atoms with Gasteiger partial charge in [0.15, 0.2) is 10.3 Å². The van der Waals surface area contributed by atoms with Crippen molar-refractivity contribution in [2.75, 3.05) is 5.32 Å². The highest BCUT2D eigenvalue weighted by Gasteiger charge is 2.15. The summed E-state index contributed by atoms with van der Waals surface area (Å²) >= 11 is 4.40. The molecule has 6 nitrogen and oxygen atoms in total. The van der Waals surface area contributed by atoms with Gasteiger partial charge in [0.2, 0.25) is 5.91 Å².